The van der Waals surface area contributed by atoms with Gasteiger partial charge in [0.15, 0.2) is 6.10 Å². The highest BCUT2D eigenvalue weighted by Crippen LogP contribution is 2.51. The predicted octanol–water partition coefficient (Wildman–Crippen LogP) is 3.88. The van der Waals surface area contributed by atoms with Crippen LogP contribution < -0.4 is 14.8 Å². The van der Waals surface area contributed by atoms with Crippen LogP contribution in [0.5, 0.6) is 17.2 Å². The fourth-order valence-corrected chi connectivity index (χ4v) is 5.74. The van der Waals surface area contributed by atoms with Crippen LogP contribution in [0, 0.1) is 0 Å². The van der Waals surface area contributed by atoms with Crippen molar-refractivity contribution in [1.82, 2.24) is 5.32 Å². The van der Waals surface area contributed by atoms with Crippen molar-refractivity contribution >= 4 is 8.03 Å². The molecule has 2 aromatic carbocycles. The average Bonchev–Trinajstić information content (AvgIpc) is 2.88. The second kappa shape index (κ2) is 13.8. The molecule has 1 saturated carbocycles. The molecule has 3 rings (SSSR count). The van der Waals surface area contributed by atoms with Crippen LogP contribution in [0.25, 0.3) is 0 Å². The maximum Gasteiger partial charge on any atom is 0.515 e. The third kappa shape index (κ3) is 7.89. The van der Waals surface area contributed by atoms with Crippen molar-refractivity contribution in [1.29, 1.82) is 0 Å². The topological polar surface area (TPSA) is 128 Å². The minimum Gasteiger partial charge on any atom is -0.508 e. The Morgan fingerprint density at radius 2 is 1.80 bits per heavy atom. The van der Waals surface area contributed by atoms with Crippen LogP contribution in [0.1, 0.15) is 50.5 Å². The molecule has 8 nitrogen and oxygen atoms in total. The smallest absolute Gasteiger partial charge is 0.508 e. The van der Waals surface area contributed by atoms with Crippen LogP contribution in [0.4, 0.5) is 0 Å². The normalized spacial score (nSPS) is 17.4. The lowest BCUT2D eigenvalue weighted by Crippen LogP contribution is -2.45. The standard InChI is InChI=1S/C26H36NO7P/c28-18-20-16-23(11-12-24(20)30)33-19-21(29)17-27-15-7-10-25(34-22-8-3-1-4-9-22)26(35(31)32)13-5-2-6-14-26/h1,3-4,8-9,11-12,16,21,25,27-29H,2,5-7,10,13-15,17-19H2,(H-,30,31,32)/p+1. The molecule has 35 heavy (non-hydrogen) atoms. The van der Waals surface area contributed by atoms with Gasteiger partial charge in [0.2, 0.25) is 5.16 Å². The number of aliphatic hydroxyl groups excluding tert-OH is 2. The molecule has 192 valence electrons. The van der Waals surface area contributed by atoms with Gasteiger partial charge in [-0.2, -0.15) is 4.89 Å². The Hall–Kier alpha value is -2.22. The summed E-state index contributed by atoms with van der Waals surface area (Å²) >= 11 is 0. The van der Waals surface area contributed by atoms with Crippen LogP contribution in [0.15, 0.2) is 48.5 Å². The summed E-state index contributed by atoms with van der Waals surface area (Å²) in [6.07, 6.45) is 4.59. The lowest BCUT2D eigenvalue weighted by Gasteiger charge is -2.34. The van der Waals surface area contributed by atoms with E-state index in [0.29, 0.717) is 49.4 Å². The zero-order chi connectivity index (χ0) is 25.1. The fourth-order valence-electron chi connectivity index (χ4n) is 4.61. The monoisotopic (exact) mass is 506 g/mol. The van der Waals surface area contributed by atoms with E-state index in [1.165, 1.54) is 12.1 Å². The second-order valence-electron chi connectivity index (χ2n) is 9.12. The largest absolute Gasteiger partial charge is 0.515 e. The summed E-state index contributed by atoms with van der Waals surface area (Å²) in [6.45, 7) is 0.719. The number of hydrogen-bond donors (Lipinski definition) is 5. The highest BCUT2D eigenvalue weighted by atomic mass is 31.1. The first-order chi connectivity index (χ1) is 16.9. The van der Waals surface area contributed by atoms with Gasteiger partial charge in [0, 0.05) is 24.9 Å². The first-order valence-electron chi connectivity index (χ1n) is 12.3. The van der Waals surface area contributed by atoms with Gasteiger partial charge in [-0.15, -0.1) is 0 Å². The SMILES string of the molecule is O=[P+](O)C1(C(CCCNCC(O)COc2ccc(O)c(CO)c2)Oc2ccccc2)CCCCC1. The first-order valence-corrected chi connectivity index (χ1v) is 13.5. The molecule has 5 N–H and O–H groups in total. The maximum atomic E-state index is 12.5. The molecule has 0 heterocycles. The van der Waals surface area contributed by atoms with E-state index in [9.17, 15) is 24.8 Å². The van der Waals surface area contributed by atoms with E-state index in [-0.39, 0.29) is 25.1 Å². The van der Waals surface area contributed by atoms with Gasteiger partial charge in [-0.05, 0) is 67.1 Å². The van der Waals surface area contributed by atoms with Crippen molar-refractivity contribution < 1.29 is 34.3 Å². The van der Waals surface area contributed by atoms with Crippen LogP contribution >= 0.6 is 8.03 Å². The van der Waals surface area contributed by atoms with E-state index in [0.717, 1.165) is 25.7 Å². The van der Waals surface area contributed by atoms with Crippen molar-refractivity contribution in [2.75, 3.05) is 19.7 Å². The van der Waals surface area contributed by atoms with E-state index in [2.05, 4.69) is 5.32 Å². The number of aromatic hydroxyl groups is 1. The molecule has 1 fully saturated rings. The predicted molar refractivity (Wildman–Crippen MR) is 134 cm³/mol. The summed E-state index contributed by atoms with van der Waals surface area (Å²) in [7, 11) is -2.39. The lowest BCUT2D eigenvalue weighted by atomic mass is 9.82. The summed E-state index contributed by atoms with van der Waals surface area (Å²) in [6, 6.07) is 14.0. The Morgan fingerprint density at radius 1 is 1.06 bits per heavy atom. The second-order valence-corrected chi connectivity index (χ2v) is 10.6. The minimum atomic E-state index is -2.39. The van der Waals surface area contributed by atoms with Gasteiger partial charge < -0.3 is 30.1 Å². The molecule has 0 bridgehead atoms. The van der Waals surface area contributed by atoms with E-state index in [1.54, 1.807) is 6.07 Å². The van der Waals surface area contributed by atoms with Crippen molar-refractivity contribution in [3.05, 3.63) is 54.1 Å². The molecule has 1 aliphatic carbocycles. The molecular formula is C26H37NO7P+. The number of benzene rings is 2. The van der Waals surface area contributed by atoms with Gasteiger partial charge in [0.1, 0.15) is 30.0 Å². The van der Waals surface area contributed by atoms with Crippen LogP contribution in [0.3, 0.4) is 0 Å². The zero-order valence-electron chi connectivity index (χ0n) is 20.0. The maximum absolute atomic E-state index is 12.5. The summed E-state index contributed by atoms with van der Waals surface area (Å²) in [5, 5.41) is 31.6. The number of phenols is 1. The third-order valence-corrected chi connectivity index (χ3v) is 8.08. The summed E-state index contributed by atoms with van der Waals surface area (Å²) in [5.41, 5.74) is 0.364. The number of aliphatic hydroxyl groups is 2. The molecule has 0 saturated heterocycles. The van der Waals surface area contributed by atoms with Gasteiger partial charge in [-0.3, -0.25) is 0 Å². The average molecular weight is 507 g/mol. The van der Waals surface area contributed by atoms with Crippen molar-refractivity contribution in [3.8, 4) is 17.2 Å². The fraction of sp³-hybridized carbons (Fsp3) is 0.538. The number of para-hydroxylation sites is 1. The van der Waals surface area contributed by atoms with E-state index in [1.807, 2.05) is 30.3 Å². The highest BCUT2D eigenvalue weighted by Gasteiger charge is 2.57. The van der Waals surface area contributed by atoms with E-state index in [4.69, 9.17) is 9.47 Å². The summed E-state index contributed by atoms with van der Waals surface area (Å²) in [5.74, 6) is 1.17. The molecule has 1 aliphatic rings. The molecule has 0 amide bonds. The Balaban J connectivity index is 1.47. The van der Waals surface area contributed by atoms with E-state index >= 15 is 0 Å². The Labute approximate surface area is 207 Å². The van der Waals surface area contributed by atoms with Gasteiger partial charge in [0.05, 0.1) is 6.61 Å². The highest BCUT2D eigenvalue weighted by molar-refractivity contribution is 7.40. The molecular weight excluding hydrogens is 469 g/mol. The summed E-state index contributed by atoms with van der Waals surface area (Å²) in [4.78, 5) is 10.3. The van der Waals surface area contributed by atoms with Crippen molar-refractivity contribution in [3.63, 3.8) is 0 Å². The number of hydrogen-bond acceptors (Lipinski definition) is 7. The Bertz CT molecular complexity index is 921. The zero-order valence-corrected chi connectivity index (χ0v) is 20.9. The molecule has 9 heteroatoms. The molecule has 0 aliphatic heterocycles. The molecule has 3 atom stereocenters. The minimum absolute atomic E-state index is 0.00244. The Morgan fingerprint density at radius 3 is 2.49 bits per heavy atom. The van der Waals surface area contributed by atoms with Crippen LogP contribution in [-0.2, 0) is 11.2 Å². The van der Waals surface area contributed by atoms with Crippen LogP contribution in [0.2, 0.25) is 0 Å². The van der Waals surface area contributed by atoms with Crippen molar-refractivity contribution in [2.45, 2.75) is 68.9 Å². The van der Waals surface area contributed by atoms with E-state index < -0.39 is 19.3 Å². The molecule has 2 aromatic rings. The molecule has 0 spiro atoms. The number of rotatable bonds is 14. The quantitative estimate of drug-likeness (QED) is 0.193. The van der Waals surface area contributed by atoms with Crippen LogP contribution in [-0.4, -0.2) is 57.3 Å². The number of nitrogens with one attached hydrogen (secondary N) is 1. The lowest BCUT2D eigenvalue weighted by molar-refractivity contribution is 0.101. The van der Waals surface area contributed by atoms with Gasteiger partial charge in [-0.1, -0.05) is 24.6 Å². The molecule has 0 aromatic heterocycles. The van der Waals surface area contributed by atoms with Crippen molar-refractivity contribution in [2.24, 2.45) is 0 Å². The van der Waals surface area contributed by atoms with Gasteiger partial charge in [0.25, 0.3) is 0 Å². The Kier molecular flexibility index (Phi) is 10.8. The number of ether oxygens (including phenoxy) is 2. The molecule has 0 radical (unpaired) electrons. The van der Waals surface area contributed by atoms with Gasteiger partial charge >= 0.3 is 8.03 Å². The molecule has 3 unspecified atom stereocenters. The third-order valence-electron chi connectivity index (χ3n) is 6.58. The van der Waals surface area contributed by atoms with Gasteiger partial charge in [-0.25, -0.2) is 0 Å². The summed E-state index contributed by atoms with van der Waals surface area (Å²) < 4.78 is 24.3. The first kappa shape index (κ1) is 27.4.